The molecule has 3 heteroatoms. The maximum absolute atomic E-state index is 11.3. The number of esters is 1. The van der Waals surface area contributed by atoms with Crippen LogP contribution in [0, 0.1) is 6.92 Å². The third-order valence-electron chi connectivity index (χ3n) is 1.99. The van der Waals surface area contributed by atoms with Crippen LogP contribution in [0.5, 0.6) is 5.75 Å². The topological polar surface area (TPSA) is 26.3 Å². The number of carbonyl (C=O) groups excluding carboxylic acids is 1. The quantitative estimate of drug-likeness (QED) is 0.333. The average Bonchev–Trinajstić information content (AvgIpc) is 2.18. The summed E-state index contributed by atoms with van der Waals surface area (Å²) < 4.78 is 5.16. The van der Waals surface area contributed by atoms with Crippen molar-refractivity contribution in [2.24, 2.45) is 0 Å². The van der Waals surface area contributed by atoms with Gasteiger partial charge in [-0.3, -0.25) is 4.79 Å². The third kappa shape index (κ3) is 4.84. The molecule has 0 saturated carbocycles. The molecule has 0 spiro atoms. The summed E-state index contributed by atoms with van der Waals surface area (Å²) >= 11 is 5.51. The predicted octanol–water partition coefficient (Wildman–Crippen LogP) is 3.31. The number of ether oxygens (including phenoxy) is 1. The summed E-state index contributed by atoms with van der Waals surface area (Å²) in [5, 5.41) is 0. The fourth-order valence-corrected chi connectivity index (χ4v) is 1.41. The maximum atomic E-state index is 11.3. The molecular formula is C12H15ClO2. The molecule has 0 fully saturated rings. The van der Waals surface area contributed by atoms with E-state index >= 15 is 0 Å². The highest BCUT2D eigenvalue weighted by Gasteiger charge is 2.03. The molecule has 1 aromatic carbocycles. The summed E-state index contributed by atoms with van der Waals surface area (Å²) in [5.74, 6) is 1.02. The highest BCUT2D eigenvalue weighted by molar-refractivity contribution is 6.17. The second-order valence-electron chi connectivity index (χ2n) is 3.44. The molecule has 2 nitrogen and oxygen atoms in total. The van der Waals surface area contributed by atoms with E-state index in [4.69, 9.17) is 16.3 Å². The fourth-order valence-electron chi connectivity index (χ4n) is 1.23. The number of alkyl halides is 1. The number of rotatable bonds is 5. The number of hydrogen-bond acceptors (Lipinski definition) is 2. The molecule has 0 amide bonds. The smallest absolute Gasteiger partial charge is 0.311 e. The van der Waals surface area contributed by atoms with Crippen LogP contribution in [-0.2, 0) is 4.79 Å². The minimum Gasteiger partial charge on any atom is -0.427 e. The predicted molar refractivity (Wildman–Crippen MR) is 61.4 cm³/mol. The van der Waals surface area contributed by atoms with Crippen molar-refractivity contribution in [1.29, 1.82) is 0 Å². The van der Waals surface area contributed by atoms with Gasteiger partial charge in [-0.1, -0.05) is 12.1 Å². The Morgan fingerprint density at radius 1 is 1.40 bits per heavy atom. The minimum absolute atomic E-state index is 0.189. The zero-order valence-corrected chi connectivity index (χ0v) is 9.59. The molecule has 1 aromatic rings. The van der Waals surface area contributed by atoms with Crippen molar-refractivity contribution in [3.8, 4) is 5.75 Å². The van der Waals surface area contributed by atoms with E-state index in [1.165, 1.54) is 0 Å². The van der Waals surface area contributed by atoms with Crippen molar-refractivity contribution >= 4 is 17.6 Å². The third-order valence-corrected chi connectivity index (χ3v) is 2.25. The molecule has 0 aliphatic heterocycles. The first-order valence-corrected chi connectivity index (χ1v) is 5.59. The van der Waals surface area contributed by atoms with E-state index < -0.39 is 0 Å². The van der Waals surface area contributed by atoms with Gasteiger partial charge in [0.15, 0.2) is 0 Å². The van der Waals surface area contributed by atoms with E-state index in [9.17, 15) is 4.79 Å². The fraction of sp³-hybridized carbons (Fsp3) is 0.417. The summed E-state index contributed by atoms with van der Waals surface area (Å²) in [5.41, 5.74) is 1.08. The largest absolute Gasteiger partial charge is 0.427 e. The van der Waals surface area contributed by atoms with Gasteiger partial charge >= 0.3 is 5.97 Å². The molecule has 82 valence electrons. The first-order valence-electron chi connectivity index (χ1n) is 5.05. The number of halogens is 1. The molecule has 0 N–H and O–H groups in total. The van der Waals surface area contributed by atoms with Crippen LogP contribution in [0.4, 0.5) is 0 Å². The van der Waals surface area contributed by atoms with Gasteiger partial charge in [-0.15, -0.1) is 11.6 Å². The van der Waals surface area contributed by atoms with Gasteiger partial charge in [-0.2, -0.15) is 0 Å². The number of benzene rings is 1. The van der Waals surface area contributed by atoms with Crippen LogP contribution in [0.1, 0.15) is 24.8 Å². The van der Waals surface area contributed by atoms with Crippen molar-refractivity contribution in [3.63, 3.8) is 0 Å². The number of aryl methyl sites for hydroxylation is 1. The lowest BCUT2D eigenvalue weighted by Crippen LogP contribution is -2.07. The van der Waals surface area contributed by atoms with Crippen LogP contribution < -0.4 is 4.74 Å². The Bertz CT molecular complexity index is 323. The van der Waals surface area contributed by atoms with E-state index in [1.54, 1.807) is 6.07 Å². The van der Waals surface area contributed by atoms with Crippen LogP contribution >= 0.6 is 11.6 Å². The Morgan fingerprint density at radius 2 is 2.20 bits per heavy atom. The zero-order chi connectivity index (χ0) is 11.1. The van der Waals surface area contributed by atoms with Crippen molar-refractivity contribution in [1.82, 2.24) is 0 Å². The van der Waals surface area contributed by atoms with E-state index in [2.05, 4.69) is 0 Å². The molecule has 0 unspecified atom stereocenters. The Hall–Kier alpha value is -1.02. The second kappa shape index (κ2) is 6.46. The normalized spacial score (nSPS) is 10.0. The Kier molecular flexibility index (Phi) is 5.19. The van der Waals surface area contributed by atoms with Gasteiger partial charge in [0.25, 0.3) is 0 Å². The molecule has 0 aromatic heterocycles. The first-order chi connectivity index (χ1) is 7.22. The number of carbonyl (C=O) groups is 1. The molecule has 0 atom stereocenters. The molecule has 1 rings (SSSR count). The van der Waals surface area contributed by atoms with Gasteiger partial charge in [0.1, 0.15) is 5.75 Å². The molecule has 0 saturated heterocycles. The van der Waals surface area contributed by atoms with Crippen molar-refractivity contribution in [3.05, 3.63) is 29.8 Å². The van der Waals surface area contributed by atoms with Gasteiger partial charge in [0.05, 0.1) is 0 Å². The van der Waals surface area contributed by atoms with E-state index in [0.29, 0.717) is 18.1 Å². The summed E-state index contributed by atoms with van der Waals surface area (Å²) in [6.07, 6.45) is 2.07. The highest BCUT2D eigenvalue weighted by atomic mass is 35.5. The van der Waals surface area contributed by atoms with Crippen LogP contribution in [0.3, 0.4) is 0 Å². The molecule has 0 aliphatic carbocycles. The van der Waals surface area contributed by atoms with Crippen LogP contribution in [-0.4, -0.2) is 11.8 Å². The van der Waals surface area contributed by atoms with Crippen molar-refractivity contribution in [2.45, 2.75) is 26.2 Å². The van der Waals surface area contributed by atoms with Gasteiger partial charge in [0, 0.05) is 12.3 Å². The van der Waals surface area contributed by atoms with E-state index in [0.717, 1.165) is 18.4 Å². The Labute approximate surface area is 95.2 Å². The molecule has 0 radical (unpaired) electrons. The second-order valence-corrected chi connectivity index (χ2v) is 3.81. The monoisotopic (exact) mass is 226 g/mol. The molecule has 0 bridgehead atoms. The van der Waals surface area contributed by atoms with Gasteiger partial charge < -0.3 is 4.74 Å². The molecular weight excluding hydrogens is 212 g/mol. The van der Waals surface area contributed by atoms with Crippen LogP contribution in [0.15, 0.2) is 24.3 Å². The van der Waals surface area contributed by atoms with Gasteiger partial charge in [-0.05, 0) is 37.5 Å². The average molecular weight is 227 g/mol. The van der Waals surface area contributed by atoms with Gasteiger partial charge in [-0.25, -0.2) is 0 Å². The lowest BCUT2D eigenvalue weighted by molar-refractivity contribution is -0.134. The summed E-state index contributed by atoms with van der Waals surface area (Å²) in [6.45, 7) is 1.96. The first kappa shape index (κ1) is 12.1. The number of hydrogen-bond donors (Lipinski definition) is 0. The minimum atomic E-state index is -0.189. The number of unbranched alkanes of at least 4 members (excludes halogenated alkanes) is 1. The van der Waals surface area contributed by atoms with Crippen LogP contribution in [0.2, 0.25) is 0 Å². The van der Waals surface area contributed by atoms with Crippen molar-refractivity contribution in [2.75, 3.05) is 5.88 Å². The SMILES string of the molecule is Cc1cccc(OC(=O)CCCCCl)c1. The Balaban J connectivity index is 2.37. The van der Waals surface area contributed by atoms with Crippen LogP contribution in [0.25, 0.3) is 0 Å². The summed E-state index contributed by atoms with van der Waals surface area (Å²) in [6, 6.07) is 7.47. The molecule has 0 heterocycles. The maximum Gasteiger partial charge on any atom is 0.311 e. The standard InChI is InChI=1S/C12H15ClO2/c1-10-5-4-6-11(9-10)15-12(14)7-2-3-8-13/h4-6,9H,2-3,7-8H2,1H3. The Morgan fingerprint density at radius 3 is 2.87 bits per heavy atom. The van der Waals surface area contributed by atoms with Crippen molar-refractivity contribution < 1.29 is 9.53 Å². The zero-order valence-electron chi connectivity index (χ0n) is 8.83. The summed E-state index contributed by atoms with van der Waals surface area (Å²) in [4.78, 5) is 11.3. The van der Waals surface area contributed by atoms with E-state index in [-0.39, 0.29) is 5.97 Å². The summed E-state index contributed by atoms with van der Waals surface area (Å²) in [7, 11) is 0. The highest BCUT2D eigenvalue weighted by Crippen LogP contribution is 2.13. The lowest BCUT2D eigenvalue weighted by Gasteiger charge is -2.04. The van der Waals surface area contributed by atoms with E-state index in [1.807, 2.05) is 25.1 Å². The lowest BCUT2D eigenvalue weighted by atomic mass is 10.2. The molecule has 15 heavy (non-hydrogen) atoms. The molecule has 0 aliphatic rings. The van der Waals surface area contributed by atoms with Gasteiger partial charge in [0.2, 0.25) is 0 Å².